The highest BCUT2D eigenvalue weighted by molar-refractivity contribution is 5.67. The summed E-state index contributed by atoms with van der Waals surface area (Å²) >= 11 is 0. The van der Waals surface area contributed by atoms with Crippen LogP contribution in [0.25, 0.3) is 0 Å². The quantitative estimate of drug-likeness (QED) is 0.564. The maximum atomic E-state index is 11.9. The molecule has 2 saturated heterocycles. The Hall–Kier alpha value is -3.39. The molecule has 182 valence electrons. The number of carbonyl (C=O) groups is 1. The fraction of sp³-hybridized carbons (Fsp3) is 0.609. The van der Waals surface area contributed by atoms with Gasteiger partial charge in [0, 0.05) is 25.8 Å². The molecule has 0 radical (unpaired) electrons. The van der Waals surface area contributed by atoms with E-state index >= 15 is 0 Å². The molecule has 2 fully saturated rings. The summed E-state index contributed by atoms with van der Waals surface area (Å²) in [4.78, 5) is 24.8. The molecule has 34 heavy (non-hydrogen) atoms. The van der Waals surface area contributed by atoms with Crippen molar-refractivity contribution in [3.8, 4) is 6.07 Å². The van der Waals surface area contributed by atoms with Gasteiger partial charge in [-0.15, -0.1) is 0 Å². The molecule has 0 unspecified atom stereocenters. The molecule has 2 aliphatic rings. The Balaban J connectivity index is 1.36. The zero-order valence-electron chi connectivity index (χ0n) is 20.0. The first-order valence-corrected chi connectivity index (χ1v) is 12.0. The lowest BCUT2D eigenvalue weighted by Crippen LogP contribution is -2.32. The van der Waals surface area contributed by atoms with Crippen molar-refractivity contribution >= 4 is 23.5 Å². The lowest BCUT2D eigenvalue weighted by Gasteiger charge is -2.28. The Bertz CT molecular complexity index is 1020. The zero-order valence-corrected chi connectivity index (χ0v) is 20.0. The second kappa shape index (κ2) is 11.2. The summed E-state index contributed by atoms with van der Waals surface area (Å²) in [5.41, 5.74) is 2.11. The van der Waals surface area contributed by atoms with Gasteiger partial charge in [0.15, 0.2) is 0 Å². The van der Waals surface area contributed by atoms with E-state index in [1.54, 1.807) is 4.90 Å². The third-order valence-electron chi connectivity index (χ3n) is 6.34. The molecule has 11 nitrogen and oxygen atoms in total. The van der Waals surface area contributed by atoms with Gasteiger partial charge in [-0.1, -0.05) is 0 Å². The van der Waals surface area contributed by atoms with Crippen LogP contribution in [0.4, 0.5) is 22.2 Å². The van der Waals surface area contributed by atoms with Crippen LogP contribution in [0.1, 0.15) is 49.4 Å². The largest absolute Gasteiger partial charge is 0.449 e. The molecule has 2 aromatic heterocycles. The lowest BCUT2D eigenvalue weighted by atomic mass is 10.1. The number of anilines is 3. The first-order chi connectivity index (χ1) is 16.5. The van der Waals surface area contributed by atoms with Crippen molar-refractivity contribution in [2.45, 2.75) is 45.1 Å². The molecule has 0 atom stereocenters. The van der Waals surface area contributed by atoms with Crippen LogP contribution in [0.2, 0.25) is 0 Å². The van der Waals surface area contributed by atoms with Gasteiger partial charge in [-0.3, -0.25) is 4.68 Å². The van der Waals surface area contributed by atoms with E-state index < -0.39 is 0 Å². The molecule has 4 heterocycles. The highest BCUT2D eigenvalue weighted by Crippen LogP contribution is 2.26. The minimum Gasteiger partial charge on any atom is -0.449 e. The van der Waals surface area contributed by atoms with Gasteiger partial charge in [0.25, 0.3) is 0 Å². The smallest absolute Gasteiger partial charge is 0.409 e. The van der Waals surface area contributed by atoms with Gasteiger partial charge in [0.1, 0.15) is 17.5 Å². The van der Waals surface area contributed by atoms with Gasteiger partial charge in [0.2, 0.25) is 5.95 Å². The predicted octanol–water partition coefficient (Wildman–Crippen LogP) is 2.90. The Morgan fingerprint density at radius 1 is 1.26 bits per heavy atom. The number of likely N-dealkylation sites (tertiary alicyclic amines) is 1. The Labute approximate surface area is 200 Å². The van der Waals surface area contributed by atoms with Gasteiger partial charge in [-0.2, -0.15) is 15.3 Å². The molecule has 11 heteroatoms. The van der Waals surface area contributed by atoms with Crippen LogP contribution in [-0.2, 0) is 4.74 Å². The zero-order chi connectivity index (χ0) is 23.9. The molecule has 2 aliphatic heterocycles. The van der Waals surface area contributed by atoms with Crippen molar-refractivity contribution in [1.29, 1.82) is 5.26 Å². The van der Waals surface area contributed by atoms with E-state index in [1.807, 2.05) is 17.8 Å². The van der Waals surface area contributed by atoms with E-state index in [-0.39, 0.29) is 6.09 Å². The van der Waals surface area contributed by atoms with Gasteiger partial charge in [-0.05, 0) is 59.2 Å². The monoisotopic (exact) mass is 467 g/mol. The molecule has 0 bridgehead atoms. The number of cyclic esters (lactones) is 1. The molecule has 2 aromatic rings. The van der Waals surface area contributed by atoms with E-state index in [9.17, 15) is 10.1 Å². The summed E-state index contributed by atoms with van der Waals surface area (Å²) in [5, 5.41) is 20.6. The number of nitrogens with zero attached hydrogens (tertiary/aromatic N) is 7. The van der Waals surface area contributed by atoms with E-state index in [1.165, 1.54) is 6.20 Å². The molecule has 0 aliphatic carbocycles. The summed E-state index contributed by atoms with van der Waals surface area (Å²) < 4.78 is 7.22. The fourth-order valence-corrected chi connectivity index (χ4v) is 4.26. The van der Waals surface area contributed by atoms with Gasteiger partial charge in [-0.25, -0.2) is 9.78 Å². The molecule has 1 amide bonds. The van der Waals surface area contributed by atoms with E-state index in [4.69, 9.17) is 9.84 Å². The Kier molecular flexibility index (Phi) is 7.80. The summed E-state index contributed by atoms with van der Waals surface area (Å²) in [7, 11) is 2.15. The van der Waals surface area contributed by atoms with Crippen molar-refractivity contribution < 1.29 is 9.53 Å². The number of amides is 1. The second-order valence-corrected chi connectivity index (χ2v) is 8.92. The van der Waals surface area contributed by atoms with Gasteiger partial charge >= 0.3 is 6.09 Å². The third-order valence-corrected chi connectivity index (χ3v) is 6.34. The van der Waals surface area contributed by atoms with Crippen LogP contribution >= 0.6 is 0 Å². The summed E-state index contributed by atoms with van der Waals surface area (Å²) in [6.45, 7) is 6.48. The number of rotatable bonds is 8. The number of piperidine rings is 1. The van der Waals surface area contributed by atoms with Crippen molar-refractivity contribution in [3.05, 3.63) is 23.7 Å². The summed E-state index contributed by atoms with van der Waals surface area (Å²) in [5.74, 6) is 0.877. The number of aromatic nitrogens is 4. The average molecular weight is 468 g/mol. The minimum absolute atomic E-state index is 0.250. The molecule has 2 N–H and O–H groups in total. The normalized spacial score (nSPS) is 17.7. The van der Waals surface area contributed by atoms with Crippen molar-refractivity contribution in [3.63, 3.8) is 0 Å². The number of aryl methyl sites for hydroxylation is 1. The van der Waals surface area contributed by atoms with Crippen LogP contribution in [0.3, 0.4) is 0 Å². The van der Waals surface area contributed by atoms with Crippen LogP contribution in [0.15, 0.2) is 12.4 Å². The highest BCUT2D eigenvalue weighted by Gasteiger charge is 2.21. The first kappa shape index (κ1) is 23.8. The maximum absolute atomic E-state index is 11.9. The van der Waals surface area contributed by atoms with Crippen molar-refractivity contribution in [1.82, 2.24) is 29.5 Å². The molecular formula is C23H33N9O2. The SMILES string of the molecule is Cc1nn(C2CCN(C)CC2)cc1Nc1ncc(C#N)c(NCCCN2CCCCOC2=O)n1. The molecule has 0 spiro atoms. The topological polar surface area (TPSA) is 124 Å². The molecule has 4 rings (SSSR count). The number of nitriles is 1. The molecule has 0 aromatic carbocycles. The predicted molar refractivity (Wildman–Crippen MR) is 128 cm³/mol. The Morgan fingerprint density at radius 3 is 2.88 bits per heavy atom. The highest BCUT2D eigenvalue weighted by atomic mass is 16.6. The van der Waals surface area contributed by atoms with E-state index in [2.05, 4.69) is 38.6 Å². The van der Waals surface area contributed by atoms with Crippen LogP contribution in [0, 0.1) is 18.3 Å². The van der Waals surface area contributed by atoms with E-state index in [0.717, 1.165) is 56.6 Å². The minimum atomic E-state index is -0.250. The number of ether oxygens (including phenoxy) is 1. The van der Waals surface area contributed by atoms with Crippen LogP contribution < -0.4 is 10.6 Å². The number of nitrogens with one attached hydrogen (secondary N) is 2. The summed E-state index contributed by atoms with van der Waals surface area (Å²) in [6, 6.07) is 2.53. The first-order valence-electron chi connectivity index (χ1n) is 12.0. The molecular weight excluding hydrogens is 434 g/mol. The van der Waals surface area contributed by atoms with Gasteiger partial charge < -0.3 is 25.2 Å². The number of carbonyl (C=O) groups excluding carboxylic acids is 1. The second-order valence-electron chi connectivity index (χ2n) is 8.92. The van der Waals surface area contributed by atoms with Crippen LogP contribution in [-0.4, -0.2) is 82.0 Å². The fourth-order valence-electron chi connectivity index (χ4n) is 4.26. The van der Waals surface area contributed by atoms with E-state index in [0.29, 0.717) is 49.6 Å². The number of hydrogen-bond acceptors (Lipinski definition) is 9. The van der Waals surface area contributed by atoms with Crippen molar-refractivity contribution in [2.24, 2.45) is 0 Å². The molecule has 0 saturated carbocycles. The Morgan fingerprint density at radius 2 is 2.09 bits per heavy atom. The standard InChI is InChI=1S/C23H33N9O2/c1-17-20(16-32(29-17)19-6-11-30(2)12-7-19)27-22-26-15-18(14-24)21(28-22)25-8-5-10-31-9-3-4-13-34-23(31)33/h15-16,19H,3-13H2,1-2H3,(H2,25,26,27,28). The summed E-state index contributed by atoms with van der Waals surface area (Å²) in [6.07, 6.45) is 8.00. The van der Waals surface area contributed by atoms with Gasteiger partial charge in [0.05, 0.1) is 30.2 Å². The lowest BCUT2D eigenvalue weighted by molar-refractivity contribution is 0.116. The third kappa shape index (κ3) is 5.94. The maximum Gasteiger partial charge on any atom is 0.409 e. The number of hydrogen-bond donors (Lipinski definition) is 2. The van der Waals surface area contributed by atoms with Crippen LogP contribution in [0.5, 0.6) is 0 Å². The van der Waals surface area contributed by atoms with Crippen molar-refractivity contribution in [2.75, 3.05) is 57.0 Å². The average Bonchev–Trinajstić information content (AvgIpc) is 3.07.